The zero-order chi connectivity index (χ0) is 19.3. The third-order valence-corrected chi connectivity index (χ3v) is 6.03. The molecule has 1 unspecified atom stereocenters. The second-order valence-corrected chi connectivity index (χ2v) is 8.13. The summed E-state index contributed by atoms with van der Waals surface area (Å²) in [7, 11) is 3.91. The zero-order valence-electron chi connectivity index (χ0n) is 17.2. The maximum atomic E-state index is 6.08. The van der Waals surface area contributed by atoms with Crippen LogP contribution >= 0.6 is 0 Å². The van der Waals surface area contributed by atoms with E-state index in [9.17, 15) is 0 Å². The van der Waals surface area contributed by atoms with Crippen molar-refractivity contribution in [3.05, 3.63) is 59.2 Å². The molecule has 0 aromatic heterocycles. The van der Waals surface area contributed by atoms with Crippen molar-refractivity contribution in [2.24, 2.45) is 0 Å². The van der Waals surface area contributed by atoms with Crippen LogP contribution in [0.4, 0.5) is 0 Å². The van der Waals surface area contributed by atoms with Gasteiger partial charge >= 0.3 is 0 Å². The van der Waals surface area contributed by atoms with Gasteiger partial charge in [0, 0.05) is 25.6 Å². The van der Waals surface area contributed by atoms with E-state index in [0.29, 0.717) is 5.92 Å². The Hall–Kier alpha value is -2.04. The summed E-state index contributed by atoms with van der Waals surface area (Å²) in [6.45, 7) is 6.50. The van der Waals surface area contributed by atoms with E-state index in [1.165, 1.54) is 42.6 Å². The van der Waals surface area contributed by atoms with Crippen LogP contribution in [0.3, 0.4) is 0 Å². The van der Waals surface area contributed by atoms with Gasteiger partial charge in [0.05, 0.1) is 13.7 Å². The minimum absolute atomic E-state index is 0.392. The molecule has 1 saturated heterocycles. The zero-order valence-corrected chi connectivity index (χ0v) is 17.2. The molecule has 4 heteroatoms. The number of nitrogens with zero attached hydrogens (tertiary/aromatic N) is 2. The average molecular weight is 381 g/mol. The number of likely N-dealkylation sites (N-methyl/N-ethyl adjacent to an activating group) is 1. The van der Waals surface area contributed by atoms with Crippen LogP contribution in [0.15, 0.2) is 42.5 Å². The monoisotopic (exact) mass is 380 g/mol. The fourth-order valence-electron chi connectivity index (χ4n) is 4.52. The number of methoxy groups -OCH3 is 1. The van der Waals surface area contributed by atoms with Gasteiger partial charge in [-0.2, -0.15) is 0 Å². The van der Waals surface area contributed by atoms with Crippen molar-refractivity contribution in [1.82, 2.24) is 9.80 Å². The van der Waals surface area contributed by atoms with E-state index in [2.05, 4.69) is 59.3 Å². The van der Waals surface area contributed by atoms with Gasteiger partial charge < -0.3 is 19.3 Å². The van der Waals surface area contributed by atoms with Gasteiger partial charge in [-0.25, -0.2) is 0 Å². The molecule has 2 heterocycles. The molecule has 1 atom stereocenters. The lowest BCUT2D eigenvalue weighted by Crippen LogP contribution is -2.31. The first kappa shape index (κ1) is 19.3. The molecule has 150 valence electrons. The van der Waals surface area contributed by atoms with E-state index >= 15 is 0 Å². The van der Waals surface area contributed by atoms with Crippen molar-refractivity contribution in [2.45, 2.75) is 31.7 Å². The molecule has 1 fully saturated rings. The normalized spacial score (nSPS) is 20.1. The Balaban J connectivity index is 1.42. The Morgan fingerprint density at radius 1 is 1.00 bits per heavy atom. The molecule has 0 amide bonds. The highest BCUT2D eigenvalue weighted by Crippen LogP contribution is 2.35. The Morgan fingerprint density at radius 2 is 1.75 bits per heavy atom. The first-order chi connectivity index (χ1) is 13.7. The molecule has 2 aromatic rings. The topological polar surface area (TPSA) is 24.9 Å². The van der Waals surface area contributed by atoms with E-state index in [-0.39, 0.29) is 0 Å². The van der Waals surface area contributed by atoms with Crippen molar-refractivity contribution in [3.63, 3.8) is 0 Å². The summed E-state index contributed by atoms with van der Waals surface area (Å²) < 4.78 is 11.4. The quantitative estimate of drug-likeness (QED) is 0.674. The van der Waals surface area contributed by atoms with E-state index in [1.54, 1.807) is 7.11 Å². The van der Waals surface area contributed by atoms with Gasteiger partial charge in [-0.15, -0.1) is 0 Å². The first-order valence-electron chi connectivity index (χ1n) is 10.5. The van der Waals surface area contributed by atoms with E-state index in [1.807, 2.05) is 0 Å². The molecule has 0 saturated carbocycles. The summed E-state index contributed by atoms with van der Waals surface area (Å²) >= 11 is 0. The van der Waals surface area contributed by atoms with Gasteiger partial charge in [-0.1, -0.05) is 18.2 Å². The molecule has 0 bridgehead atoms. The van der Waals surface area contributed by atoms with Crippen molar-refractivity contribution in [2.75, 3.05) is 46.9 Å². The van der Waals surface area contributed by atoms with Crippen LogP contribution in [0.5, 0.6) is 11.5 Å². The van der Waals surface area contributed by atoms with Gasteiger partial charge in [-0.05, 0) is 80.4 Å². The predicted molar refractivity (Wildman–Crippen MR) is 113 cm³/mol. The minimum Gasteiger partial charge on any atom is -0.497 e. The highest BCUT2D eigenvalue weighted by Gasteiger charge is 2.25. The number of rotatable bonds is 7. The lowest BCUT2D eigenvalue weighted by molar-refractivity contribution is 0.261. The third-order valence-electron chi connectivity index (χ3n) is 6.03. The number of hydrogen-bond donors (Lipinski definition) is 0. The molecule has 0 N–H and O–H groups in total. The highest BCUT2D eigenvalue weighted by atomic mass is 16.5. The molecule has 4 rings (SSSR count). The van der Waals surface area contributed by atoms with Crippen LogP contribution in [0, 0.1) is 0 Å². The SMILES string of the molecule is COc1ccc(C2CN(C)Cc3cc(OCCCN4CCCC4)ccc32)cc1. The van der Waals surface area contributed by atoms with E-state index in [0.717, 1.165) is 44.2 Å². The van der Waals surface area contributed by atoms with Crippen molar-refractivity contribution in [3.8, 4) is 11.5 Å². The molecular weight excluding hydrogens is 348 g/mol. The van der Waals surface area contributed by atoms with Gasteiger partial charge in [0.2, 0.25) is 0 Å². The van der Waals surface area contributed by atoms with E-state index < -0.39 is 0 Å². The van der Waals surface area contributed by atoms with Gasteiger partial charge in [0.1, 0.15) is 11.5 Å². The predicted octanol–water partition coefficient (Wildman–Crippen LogP) is 4.14. The second-order valence-electron chi connectivity index (χ2n) is 8.13. The maximum Gasteiger partial charge on any atom is 0.119 e. The van der Waals surface area contributed by atoms with Crippen LogP contribution in [0.1, 0.15) is 41.9 Å². The fraction of sp³-hybridized carbons (Fsp3) is 0.500. The molecule has 4 nitrogen and oxygen atoms in total. The van der Waals surface area contributed by atoms with Gasteiger partial charge in [0.15, 0.2) is 0 Å². The lowest BCUT2D eigenvalue weighted by atomic mass is 9.84. The minimum atomic E-state index is 0.392. The average Bonchev–Trinajstić information content (AvgIpc) is 3.24. The van der Waals surface area contributed by atoms with Crippen LogP contribution in [0.2, 0.25) is 0 Å². The van der Waals surface area contributed by atoms with Crippen LogP contribution < -0.4 is 9.47 Å². The lowest BCUT2D eigenvalue weighted by Gasteiger charge is -2.33. The molecule has 2 aliphatic rings. The van der Waals surface area contributed by atoms with Gasteiger partial charge in [-0.3, -0.25) is 0 Å². The number of hydrogen-bond acceptors (Lipinski definition) is 4. The largest absolute Gasteiger partial charge is 0.497 e. The Labute approximate surface area is 169 Å². The maximum absolute atomic E-state index is 6.08. The summed E-state index contributed by atoms with van der Waals surface area (Å²) in [5.41, 5.74) is 4.15. The molecule has 28 heavy (non-hydrogen) atoms. The van der Waals surface area contributed by atoms with Gasteiger partial charge in [0.25, 0.3) is 0 Å². The molecule has 2 aliphatic heterocycles. The molecular formula is C24H32N2O2. The summed E-state index contributed by atoms with van der Waals surface area (Å²) in [5, 5.41) is 0. The Morgan fingerprint density at radius 3 is 2.50 bits per heavy atom. The summed E-state index contributed by atoms with van der Waals surface area (Å²) in [6, 6.07) is 15.2. The Bertz CT molecular complexity index is 769. The molecule has 0 spiro atoms. The number of likely N-dealkylation sites (tertiary alicyclic amines) is 1. The van der Waals surface area contributed by atoms with Crippen LogP contribution in [0.25, 0.3) is 0 Å². The van der Waals surface area contributed by atoms with Crippen molar-refractivity contribution in [1.29, 1.82) is 0 Å². The highest BCUT2D eigenvalue weighted by molar-refractivity contribution is 5.45. The number of benzene rings is 2. The van der Waals surface area contributed by atoms with Crippen molar-refractivity contribution >= 4 is 0 Å². The summed E-state index contributed by atoms with van der Waals surface area (Å²) in [5.74, 6) is 2.30. The molecule has 0 radical (unpaired) electrons. The van der Waals surface area contributed by atoms with E-state index in [4.69, 9.17) is 9.47 Å². The van der Waals surface area contributed by atoms with Crippen LogP contribution in [-0.4, -0.2) is 56.7 Å². The summed E-state index contributed by atoms with van der Waals surface area (Å²) in [6.07, 6.45) is 3.81. The molecule has 0 aliphatic carbocycles. The summed E-state index contributed by atoms with van der Waals surface area (Å²) in [4.78, 5) is 4.94. The smallest absolute Gasteiger partial charge is 0.119 e. The fourth-order valence-corrected chi connectivity index (χ4v) is 4.52. The number of fused-ring (bicyclic) bond motifs is 1. The second kappa shape index (κ2) is 8.97. The molecule has 2 aromatic carbocycles. The third kappa shape index (κ3) is 4.50. The Kier molecular flexibility index (Phi) is 6.18. The van der Waals surface area contributed by atoms with Crippen molar-refractivity contribution < 1.29 is 9.47 Å². The number of ether oxygens (including phenoxy) is 2. The van der Waals surface area contributed by atoms with Crippen LogP contribution in [-0.2, 0) is 6.54 Å². The first-order valence-corrected chi connectivity index (χ1v) is 10.5. The standard InChI is InChI=1S/C24H32N2O2/c1-25-17-20-16-22(28-15-5-14-26-12-3-4-13-26)10-11-23(20)24(18-25)19-6-8-21(27-2)9-7-19/h6-11,16,24H,3-5,12-15,17-18H2,1-2H3.